The highest BCUT2D eigenvalue weighted by Crippen LogP contribution is 2.39. The number of benzene rings is 2. The summed E-state index contributed by atoms with van der Waals surface area (Å²) in [5.41, 5.74) is 4.01. The number of ether oxygens (including phenoxy) is 2. The smallest absolute Gasteiger partial charge is 0.337 e. The Morgan fingerprint density at radius 1 is 1.21 bits per heavy atom. The minimum Gasteiger partial charge on any atom is -0.486 e. The van der Waals surface area contributed by atoms with Gasteiger partial charge in [-0.05, 0) is 41.5 Å². The molecule has 0 bridgehead atoms. The van der Waals surface area contributed by atoms with Crippen molar-refractivity contribution in [1.82, 2.24) is 19.9 Å². The lowest BCUT2D eigenvalue weighted by atomic mass is 9.99. The molecule has 4 aromatic rings. The van der Waals surface area contributed by atoms with E-state index in [2.05, 4.69) is 15.4 Å². The van der Waals surface area contributed by atoms with Crippen molar-refractivity contribution in [1.29, 1.82) is 0 Å². The topological polar surface area (TPSA) is 94.8 Å². The third-order valence-corrected chi connectivity index (χ3v) is 5.71. The molecule has 1 amide bonds. The molecule has 1 N–H and O–H groups in total. The number of hydrogen-bond donors (Lipinski definition) is 1. The Balaban J connectivity index is 1.29. The van der Waals surface area contributed by atoms with Crippen LogP contribution >= 0.6 is 11.6 Å². The third-order valence-electron chi connectivity index (χ3n) is 5.43. The van der Waals surface area contributed by atoms with E-state index in [1.807, 2.05) is 12.1 Å². The summed E-state index contributed by atoms with van der Waals surface area (Å²) < 4.78 is 12.3. The van der Waals surface area contributed by atoms with Crippen LogP contribution in [0, 0.1) is 0 Å². The largest absolute Gasteiger partial charge is 0.486 e. The van der Waals surface area contributed by atoms with Crippen molar-refractivity contribution in [2.75, 3.05) is 13.7 Å². The van der Waals surface area contributed by atoms with Crippen LogP contribution in [0.15, 0.2) is 60.9 Å². The number of fused-ring (bicyclic) bond motifs is 2. The highest BCUT2D eigenvalue weighted by Gasteiger charge is 2.27. The maximum atomic E-state index is 12.5. The molecular formula is C24H19ClN4O4. The fourth-order valence-corrected chi connectivity index (χ4v) is 4.13. The van der Waals surface area contributed by atoms with Gasteiger partial charge >= 0.3 is 5.97 Å². The molecule has 2 aromatic heterocycles. The molecular weight excluding hydrogens is 444 g/mol. The predicted octanol–water partition coefficient (Wildman–Crippen LogP) is 3.57. The summed E-state index contributed by atoms with van der Waals surface area (Å²) in [5.74, 6) is -0.0863. The van der Waals surface area contributed by atoms with E-state index in [1.54, 1.807) is 53.3 Å². The summed E-state index contributed by atoms with van der Waals surface area (Å²) in [7, 11) is 1.35. The van der Waals surface area contributed by atoms with E-state index < -0.39 is 5.97 Å². The summed E-state index contributed by atoms with van der Waals surface area (Å²) in [5, 5.41) is 7.57. The zero-order valence-electron chi connectivity index (χ0n) is 17.6. The van der Waals surface area contributed by atoms with E-state index in [0.29, 0.717) is 34.9 Å². The van der Waals surface area contributed by atoms with E-state index in [4.69, 9.17) is 21.1 Å². The van der Waals surface area contributed by atoms with Gasteiger partial charge in [0, 0.05) is 30.4 Å². The number of nitrogens with zero attached hydrogens (tertiary/aromatic N) is 3. The number of amides is 1. The fraction of sp³-hybridized carbons (Fsp3) is 0.167. The summed E-state index contributed by atoms with van der Waals surface area (Å²) in [6, 6.07) is 14.3. The van der Waals surface area contributed by atoms with Gasteiger partial charge in [0.15, 0.2) is 11.3 Å². The SMILES string of the molecule is COC(=O)c1cccc(-c2cc(Cl)c3c(c2)CC(CNC(=O)c2cc4ncccn4n2)O3)c1. The van der Waals surface area contributed by atoms with E-state index in [-0.39, 0.29) is 17.7 Å². The maximum absolute atomic E-state index is 12.5. The van der Waals surface area contributed by atoms with E-state index in [1.165, 1.54) is 7.11 Å². The first-order valence-corrected chi connectivity index (χ1v) is 10.7. The number of methoxy groups -OCH3 is 1. The number of esters is 1. The standard InChI is InChI=1S/C24H19ClN4O4/c1-32-24(31)15-5-2-4-14(8-15)16-9-17-10-18(33-22(17)19(25)11-16)13-27-23(30)20-12-21-26-6-3-7-29(21)28-20/h2-9,11-12,18H,10,13H2,1H3,(H,27,30). The molecule has 0 spiro atoms. The van der Waals surface area contributed by atoms with Crippen molar-refractivity contribution in [3.63, 3.8) is 0 Å². The van der Waals surface area contributed by atoms with Crippen LogP contribution < -0.4 is 10.1 Å². The molecule has 1 aliphatic heterocycles. The fourth-order valence-electron chi connectivity index (χ4n) is 3.85. The van der Waals surface area contributed by atoms with E-state index in [9.17, 15) is 9.59 Å². The highest BCUT2D eigenvalue weighted by molar-refractivity contribution is 6.32. The van der Waals surface area contributed by atoms with Gasteiger partial charge in [-0.25, -0.2) is 14.3 Å². The van der Waals surface area contributed by atoms with Crippen LogP contribution in [0.3, 0.4) is 0 Å². The minimum atomic E-state index is -0.398. The van der Waals surface area contributed by atoms with Crippen molar-refractivity contribution in [3.8, 4) is 16.9 Å². The van der Waals surface area contributed by atoms with Crippen molar-refractivity contribution in [2.45, 2.75) is 12.5 Å². The molecule has 33 heavy (non-hydrogen) atoms. The minimum absolute atomic E-state index is 0.256. The Bertz CT molecular complexity index is 1350. The zero-order valence-corrected chi connectivity index (χ0v) is 18.4. The van der Waals surface area contributed by atoms with E-state index >= 15 is 0 Å². The molecule has 0 saturated heterocycles. The van der Waals surface area contributed by atoms with Crippen molar-refractivity contribution in [3.05, 3.63) is 82.8 Å². The van der Waals surface area contributed by atoms with Crippen LogP contribution in [0.4, 0.5) is 0 Å². The maximum Gasteiger partial charge on any atom is 0.337 e. The van der Waals surface area contributed by atoms with Crippen molar-refractivity contribution >= 4 is 29.1 Å². The number of carbonyl (C=O) groups excluding carboxylic acids is 2. The molecule has 0 saturated carbocycles. The number of carbonyl (C=O) groups is 2. The van der Waals surface area contributed by atoms with Gasteiger partial charge in [0.25, 0.3) is 5.91 Å². The molecule has 2 aromatic carbocycles. The van der Waals surface area contributed by atoms with Crippen molar-refractivity contribution < 1.29 is 19.1 Å². The Hall–Kier alpha value is -3.91. The summed E-state index contributed by atoms with van der Waals surface area (Å²) in [4.78, 5) is 28.6. The van der Waals surface area contributed by atoms with Crippen LogP contribution in [0.25, 0.3) is 16.8 Å². The van der Waals surface area contributed by atoms with Gasteiger partial charge in [-0.2, -0.15) is 5.10 Å². The normalized spacial score (nSPS) is 14.5. The average Bonchev–Trinajstić information content (AvgIpc) is 3.46. The van der Waals surface area contributed by atoms with Gasteiger partial charge < -0.3 is 14.8 Å². The molecule has 1 unspecified atom stereocenters. The number of nitrogens with one attached hydrogen (secondary N) is 1. The Kier molecular flexibility index (Phi) is 5.43. The molecule has 3 heterocycles. The quantitative estimate of drug-likeness (QED) is 0.456. The van der Waals surface area contributed by atoms with Crippen LogP contribution in [-0.4, -0.2) is 46.2 Å². The Morgan fingerprint density at radius 3 is 2.91 bits per heavy atom. The first-order valence-electron chi connectivity index (χ1n) is 10.3. The van der Waals surface area contributed by atoms with Gasteiger partial charge in [0.2, 0.25) is 0 Å². The van der Waals surface area contributed by atoms with Crippen LogP contribution in [-0.2, 0) is 11.2 Å². The van der Waals surface area contributed by atoms with Gasteiger partial charge in [0.1, 0.15) is 11.9 Å². The first kappa shape index (κ1) is 21.0. The van der Waals surface area contributed by atoms with Gasteiger partial charge in [-0.1, -0.05) is 23.7 Å². The van der Waals surface area contributed by atoms with Crippen LogP contribution in [0.2, 0.25) is 5.02 Å². The van der Waals surface area contributed by atoms with Gasteiger partial charge in [-0.15, -0.1) is 0 Å². The molecule has 0 fully saturated rings. The lowest BCUT2D eigenvalue weighted by Crippen LogP contribution is -2.34. The summed E-state index contributed by atoms with van der Waals surface area (Å²) in [6.07, 6.45) is 3.71. The van der Waals surface area contributed by atoms with Crippen LogP contribution in [0.1, 0.15) is 26.4 Å². The van der Waals surface area contributed by atoms with Crippen molar-refractivity contribution in [2.24, 2.45) is 0 Å². The zero-order chi connectivity index (χ0) is 22.9. The summed E-state index contributed by atoms with van der Waals surface area (Å²) in [6.45, 7) is 0.304. The average molecular weight is 463 g/mol. The lowest BCUT2D eigenvalue weighted by Gasteiger charge is -2.11. The van der Waals surface area contributed by atoms with E-state index in [0.717, 1.165) is 16.7 Å². The second-order valence-corrected chi connectivity index (χ2v) is 8.03. The first-order chi connectivity index (χ1) is 16.0. The monoisotopic (exact) mass is 462 g/mol. The predicted molar refractivity (Wildman–Crippen MR) is 122 cm³/mol. The lowest BCUT2D eigenvalue weighted by molar-refractivity contribution is 0.0600. The number of hydrogen-bond acceptors (Lipinski definition) is 6. The number of rotatable bonds is 5. The Labute approximate surface area is 194 Å². The molecule has 8 nitrogen and oxygen atoms in total. The van der Waals surface area contributed by atoms with Crippen LogP contribution in [0.5, 0.6) is 5.75 Å². The third kappa shape index (κ3) is 4.12. The second-order valence-electron chi connectivity index (χ2n) is 7.62. The molecule has 9 heteroatoms. The highest BCUT2D eigenvalue weighted by atomic mass is 35.5. The molecule has 1 aliphatic rings. The Morgan fingerprint density at radius 2 is 2.09 bits per heavy atom. The molecule has 1 atom stereocenters. The summed E-state index contributed by atoms with van der Waals surface area (Å²) >= 11 is 6.50. The molecule has 5 rings (SSSR count). The molecule has 166 valence electrons. The van der Waals surface area contributed by atoms with Gasteiger partial charge in [0.05, 0.1) is 24.2 Å². The van der Waals surface area contributed by atoms with Gasteiger partial charge in [-0.3, -0.25) is 4.79 Å². The molecule has 0 radical (unpaired) electrons. The number of halogens is 1. The molecule has 0 aliphatic carbocycles. The second kappa shape index (κ2) is 8.55. The number of aromatic nitrogens is 3.